The largest absolute Gasteiger partial charge is 0.444 e. The molecule has 0 bridgehead atoms. The van der Waals surface area contributed by atoms with Gasteiger partial charge in [0.1, 0.15) is 23.0 Å². The number of carbonyl (C=O) groups is 1. The number of ether oxygens (including phenoxy) is 1. The van der Waals surface area contributed by atoms with Crippen molar-refractivity contribution in [2.24, 2.45) is 0 Å². The molecule has 118 valence electrons. The van der Waals surface area contributed by atoms with Gasteiger partial charge >= 0.3 is 6.09 Å². The van der Waals surface area contributed by atoms with E-state index in [1.54, 1.807) is 20.8 Å². The molecule has 0 aliphatic rings. The minimum absolute atomic E-state index is 0.0283. The van der Waals surface area contributed by atoms with Crippen LogP contribution >= 0.6 is 23.2 Å². The smallest absolute Gasteiger partial charge is 0.407 e. The van der Waals surface area contributed by atoms with E-state index in [9.17, 15) is 15.0 Å². The van der Waals surface area contributed by atoms with Gasteiger partial charge in [-0.05, 0) is 26.8 Å². The van der Waals surface area contributed by atoms with Gasteiger partial charge in [0.25, 0.3) is 0 Å². The normalized spacial score (nSPS) is 14.4. The Balaban J connectivity index is 2.61. The molecule has 1 aromatic rings. The summed E-state index contributed by atoms with van der Waals surface area (Å²) in [5.41, 5.74) is -0.412. The van der Waals surface area contributed by atoms with Crippen LogP contribution in [0.2, 0.25) is 10.2 Å². The van der Waals surface area contributed by atoms with Gasteiger partial charge in [0.05, 0.1) is 5.02 Å². The number of nitrogens with one attached hydrogen (secondary N) is 1. The fourth-order valence-electron chi connectivity index (χ4n) is 1.48. The highest BCUT2D eigenvalue weighted by Gasteiger charge is 2.24. The summed E-state index contributed by atoms with van der Waals surface area (Å²) in [6.07, 6.45) is -1.91. The Bertz CT molecular complexity index is 505. The molecule has 21 heavy (non-hydrogen) atoms. The molecule has 0 spiro atoms. The average molecular weight is 337 g/mol. The molecule has 0 fully saturated rings. The van der Waals surface area contributed by atoms with Crippen molar-refractivity contribution in [3.05, 3.63) is 28.0 Å². The highest BCUT2D eigenvalue weighted by atomic mass is 35.5. The number of alkyl carbamates (subject to hydrolysis) is 1. The van der Waals surface area contributed by atoms with Crippen LogP contribution in [0.3, 0.4) is 0 Å². The van der Waals surface area contributed by atoms with Crippen LogP contribution in [0.1, 0.15) is 32.4 Å². The molecule has 0 radical (unpaired) electrons. The van der Waals surface area contributed by atoms with Crippen molar-refractivity contribution >= 4 is 29.3 Å². The van der Waals surface area contributed by atoms with E-state index in [-0.39, 0.29) is 22.3 Å². The first-order valence-electron chi connectivity index (χ1n) is 6.24. The van der Waals surface area contributed by atoms with Crippen LogP contribution < -0.4 is 5.32 Å². The fraction of sp³-hybridized carbons (Fsp3) is 0.538. The maximum atomic E-state index is 11.5. The maximum absolute atomic E-state index is 11.5. The molecular formula is C13H18Cl2N2O4. The SMILES string of the molecule is CC(C)(C)OC(=O)NCC(O)C(O)c1ccnc(Cl)c1Cl. The molecule has 6 nitrogen and oxygen atoms in total. The number of carbonyl (C=O) groups excluding carboxylic acids is 1. The summed E-state index contributed by atoms with van der Waals surface area (Å²) >= 11 is 11.6. The van der Waals surface area contributed by atoms with Gasteiger partial charge in [-0.1, -0.05) is 23.2 Å². The summed E-state index contributed by atoms with van der Waals surface area (Å²) in [4.78, 5) is 15.2. The minimum atomic E-state index is -1.31. The highest BCUT2D eigenvalue weighted by Crippen LogP contribution is 2.29. The Hall–Kier alpha value is -1.08. The summed E-state index contributed by atoms with van der Waals surface area (Å²) < 4.78 is 5.02. The van der Waals surface area contributed by atoms with Gasteiger partial charge in [-0.3, -0.25) is 0 Å². The predicted octanol–water partition coefficient (Wildman–Crippen LogP) is 2.31. The first-order valence-corrected chi connectivity index (χ1v) is 7.00. The van der Waals surface area contributed by atoms with Gasteiger partial charge in [-0.2, -0.15) is 0 Å². The summed E-state index contributed by atoms with van der Waals surface area (Å²) in [7, 11) is 0. The van der Waals surface area contributed by atoms with Gasteiger partial charge in [0.15, 0.2) is 0 Å². The summed E-state index contributed by atoms with van der Waals surface area (Å²) in [5, 5.41) is 22.4. The molecule has 0 aliphatic heterocycles. The topological polar surface area (TPSA) is 91.7 Å². The van der Waals surface area contributed by atoms with E-state index < -0.39 is 23.9 Å². The molecular weight excluding hydrogens is 319 g/mol. The van der Waals surface area contributed by atoms with Crippen LogP contribution in [0.15, 0.2) is 12.3 Å². The Kier molecular flexibility index (Phi) is 6.22. The number of hydrogen-bond acceptors (Lipinski definition) is 5. The zero-order chi connectivity index (χ0) is 16.2. The maximum Gasteiger partial charge on any atom is 0.407 e. The first kappa shape index (κ1) is 18.0. The van der Waals surface area contributed by atoms with E-state index in [0.29, 0.717) is 0 Å². The third-order valence-electron chi connectivity index (χ3n) is 2.41. The van der Waals surface area contributed by atoms with E-state index >= 15 is 0 Å². The van der Waals surface area contributed by atoms with Crippen LogP contribution in [-0.2, 0) is 4.74 Å². The third kappa shape index (κ3) is 5.67. The average Bonchev–Trinajstić information content (AvgIpc) is 2.36. The Morgan fingerprint density at radius 2 is 2.05 bits per heavy atom. The van der Waals surface area contributed by atoms with Crippen LogP contribution in [0.25, 0.3) is 0 Å². The molecule has 1 amide bonds. The predicted molar refractivity (Wildman–Crippen MR) is 79.5 cm³/mol. The molecule has 1 rings (SSSR count). The van der Waals surface area contributed by atoms with E-state index in [0.717, 1.165) is 0 Å². The van der Waals surface area contributed by atoms with Crippen molar-refractivity contribution in [3.8, 4) is 0 Å². The number of amides is 1. The van der Waals surface area contributed by atoms with Crippen molar-refractivity contribution in [2.45, 2.75) is 38.6 Å². The number of pyridine rings is 1. The number of nitrogens with zero attached hydrogens (tertiary/aromatic N) is 1. The van der Waals surface area contributed by atoms with Crippen LogP contribution in [0.5, 0.6) is 0 Å². The zero-order valence-electron chi connectivity index (χ0n) is 11.9. The first-order chi connectivity index (χ1) is 9.61. The molecule has 0 saturated carbocycles. The van der Waals surface area contributed by atoms with Gasteiger partial charge in [0, 0.05) is 18.3 Å². The van der Waals surface area contributed by atoms with Crippen molar-refractivity contribution in [2.75, 3.05) is 6.54 Å². The zero-order valence-corrected chi connectivity index (χ0v) is 13.4. The van der Waals surface area contributed by atoms with Crippen LogP contribution in [0, 0.1) is 0 Å². The van der Waals surface area contributed by atoms with Gasteiger partial charge in [-0.25, -0.2) is 9.78 Å². The number of hydrogen-bond donors (Lipinski definition) is 3. The van der Waals surface area contributed by atoms with Crippen LogP contribution in [0.4, 0.5) is 4.79 Å². The number of halogens is 2. The molecule has 2 unspecified atom stereocenters. The molecule has 0 aromatic carbocycles. The summed E-state index contributed by atoms with van der Waals surface area (Å²) in [5.74, 6) is 0. The lowest BCUT2D eigenvalue weighted by Crippen LogP contribution is -2.38. The molecule has 1 aromatic heterocycles. The number of aromatic nitrogens is 1. The minimum Gasteiger partial charge on any atom is -0.444 e. The number of aliphatic hydroxyl groups excluding tert-OH is 2. The quantitative estimate of drug-likeness (QED) is 0.734. The van der Waals surface area contributed by atoms with E-state index in [1.807, 2.05) is 0 Å². The van der Waals surface area contributed by atoms with Gasteiger partial charge in [-0.15, -0.1) is 0 Å². The fourth-order valence-corrected chi connectivity index (χ4v) is 1.87. The van der Waals surface area contributed by atoms with Gasteiger partial charge in [0.2, 0.25) is 0 Å². The number of aliphatic hydroxyl groups is 2. The summed E-state index contributed by atoms with van der Waals surface area (Å²) in [6.45, 7) is 4.95. The lowest BCUT2D eigenvalue weighted by molar-refractivity contribution is 0.0129. The lowest BCUT2D eigenvalue weighted by atomic mass is 10.1. The second-order valence-electron chi connectivity index (χ2n) is 5.40. The molecule has 3 N–H and O–H groups in total. The third-order valence-corrected chi connectivity index (χ3v) is 3.19. The van der Waals surface area contributed by atoms with Crippen LogP contribution in [-0.4, -0.2) is 39.5 Å². The van der Waals surface area contributed by atoms with Crippen molar-refractivity contribution in [1.29, 1.82) is 0 Å². The lowest BCUT2D eigenvalue weighted by Gasteiger charge is -2.22. The second kappa shape index (κ2) is 7.26. The summed E-state index contributed by atoms with van der Waals surface area (Å²) in [6, 6.07) is 1.44. The van der Waals surface area contributed by atoms with Crippen molar-refractivity contribution in [3.63, 3.8) is 0 Å². The molecule has 0 aliphatic carbocycles. The monoisotopic (exact) mass is 336 g/mol. The Morgan fingerprint density at radius 3 is 2.62 bits per heavy atom. The molecule has 1 heterocycles. The number of rotatable bonds is 4. The highest BCUT2D eigenvalue weighted by molar-refractivity contribution is 6.41. The Morgan fingerprint density at radius 1 is 1.43 bits per heavy atom. The Labute approximate surface area is 133 Å². The molecule has 0 saturated heterocycles. The standard InChI is InChI=1S/C13H18Cl2N2O4/c1-13(2,3)21-12(20)17-6-8(18)10(19)7-4-5-16-11(15)9(7)14/h4-5,8,10,18-19H,6H2,1-3H3,(H,17,20). The molecule has 2 atom stereocenters. The van der Waals surface area contributed by atoms with Crippen molar-refractivity contribution in [1.82, 2.24) is 10.3 Å². The van der Waals surface area contributed by atoms with E-state index in [2.05, 4.69) is 10.3 Å². The van der Waals surface area contributed by atoms with E-state index in [4.69, 9.17) is 27.9 Å². The van der Waals surface area contributed by atoms with Crippen molar-refractivity contribution < 1.29 is 19.7 Å². The van der Waals surface area contributed by atoms with E-state index in [1.165, 1.54) is 12.3 Å². The second-order valence-corrected chi connectivity index (χ2v) is 6.14. The molecule has 8 heteroatoms. The van der Waals surface area contributed by atoms with Gasteiger partial charge < -0.3 is 20.3 Å².